The maximum absolute atomic E-state index is 13.1. The molecule has 5 aromatic rings. The summed E-state index contributed by atoms with van der Waals surface area (Å²) in [5.41, 5.74) is 4.61. The van der Waals surface area contributed by atoms with Gasteiger partial charge in [-0.1, -0.05) is 65.3 Å². The number of halogens is 1. The van der Waals surface area contributed by atoms with E-state index in [1.54, 1.807) is 19.9 Å². The first-order valence-corrected chi connectivity index (χ1v) is 12.0. The Kier molecular flexibility index (Phi) is 6.63. The summed E-state index contributed by atoms with van der Waals surface area (Å²) < 4.78 is 11.1. The van der Waals surface area contributed by atoms with E-state index in [9.17, 15) is 9.90 Å². The molecule has 2 heterocycles. The van der Waals surface area contributed by atoms with Gasteiger partial charge in [-0.15, -0.1) is 0 Å². The number of aliphatic hydroxyl groups is 1. The molecule has 0 spiro atoms. The molecule has 2 aromatic heterocycles. The molecule has 0 saturated carbocycles. The second-order valence-corrected chi connectivity index (χ2v) is 9.24. The molecule has 2 atom stereocenters. The third kappa shape index (κ3) is 4.91. The molecule has 2 N–H and O–H groups in total. The average molecular weight is 501 g/mol. The minimum absolute atomic E-state index is 0.113. The zero-order valence-electron chi connectivity index (χ0n) is 19.9. The monoisotopic (exact) mass is 500 g/mol. The number of hydrogen-bond donors (Lipinski definition) is 2. The van der Waals surface area contributed by atoms with Crippen LogP contribution in [0.5, 0.6) is 0 Å². The van der Waals surface area contributed by atoms with Crippen LogP contribution >= 0.6 is 11.6 Å². The molecule has 0 aliphatic heterocycles. The van der Waals surface area contributed by atoms with Crippen molar-refractivity contribution in [3.8, 4) is 0 Å². The van der Waals surface area contributed by atoms with Crippen LogP contribution in [0.4, 0.5) is 0 Å². The van der Waals surface area contributed by atoms with Crippen LogP contribution in [0.15, 0.2) is 87.8 Å². The van der Waals surface area contributed by atoms with Crippen molar-refractivity contribution in [3.05, 3.63) is 123 Å². The fraction of sp³-hybridized carbons (Fsp3) is 0.172. The van der Waals surface area contributed by atoms with Gasteiger partial charge in [-0.05, 0) is 60.9 Å². The van der Waals surface area contributed by atoms with Gasteiger partial charge in [-0.3, -0.25) is 4.79 Å². The summed E-state index contributed by atoms with van der Waals surface area (Å²) in [5.74, 6) is 0.831. The molecule has 3 aromatic carbocycles. The van der Waals surface area contributed by atoms with Crippen LogP contribution in [-0.4, -0.2) is 16.2 Å². The minimum atomic E-state index is -0.985. The number of hydrogen-bond acceptors (Lipinski definition) is 5. The van der Waals surface area contributed by atoms with Gasteiger partial charge in [0.25, 0.3) is 0 Å². The smallest absolute Gasteiger partial charge is 0.225 e. The number of aromatic nitrogens is 1. The number of carbonyl (C=O) groups is 1. The number of carbonyl (C=O) groups excluding carboxylic acids is 1. The Balaban J connectivity index is 1.36. The quantitative estimate of drug-likeness (QED) is 0.277. The highest BCUT2D eigenvalue weighted by Gasteiger charge is 2.23. The number of furan rings is 1. The van der Waals surface area contributed by atoms with Crippen molar-refractivity contribution in [2.24, 2.45) is 0 Å². The van der Waals surface area contributed by atoms with Crippen LogP contribution < -0.4 is 5.32 Å². The van der Waals surface area contributed by atoms with Crippen molar-refractivity contribution in [2.45, 2.75) is 32.4 Å². The molecule has 0 radical (unpaired) electrons. The number of amides is 1. The van der Waals surface area contributed by atoms with Crippen LogP contribution in [0.3, 0.4) is 0 Å². The van der Waals surface area contributed by atoms with Crippen molar-refractivity contribution < 1.29 is 18.8 Å². The standard InChI is InChI=1S/C29H25ClN2O4/c1-17-27(18(2)36-32-17)29(34)25-16-22-14-19(8-13-24(22)35-25)15-26(33)31-28(20-6-4-3-5-7-20)21-9-11-23(30)12-10-21/h3-14,16,28-29,34H,15H2,1-2H3,(H,31,33). The lowest BCUT2D eigenvalue weighted by atomic mass is 9.98. The maximum atomic E-state index is 13.1. The second-order valence-electron chi connectivity index (χ2n) is 8.80. The molecule has 2 unspecified atom stereocenters. The molecule has 0 bridgehead atoms. The summed E-state index contributed by atoms with van der Waals surface area (Å²) in [6.07, 6.45) is -0.791. The molecule has 0 saturated heterocycles. The van der Waals surface area contributed by atoms with E-state index < -0.39 is 6.10 Å². The summed E-state index contributed by atoms with van der Waals surface area (Å²) in [7, 11) is 0. The number of aliphatic hydroxyl groups excluding tert-OH is 1. The van der Waals surface area contributed by atoms with Crippen LogP contribution in [0.2, 0.25) is 5.02 Å². The third-order valence-electron chi connectivity index (χ3n) is 6.24. The van der Waals surface area contributed by atoms with Crippen molar-refractivity contribution in [3.63, 3.8) is 0 Å². The first-order valence-electron chi connectivity index (χ1n) is 11.6. The Morgan fingerprint density at radius 2 is 1.72 bits per heavy atom. The molecule has 0 aliphatic rings. The number of rotatable bonds is 7. The summed E-state index contributed by atoms with van der Waals surface area (Å²) in [4.78, 5) is 13.1. The zero-order valence-corrected chi connectivity index (χ0v) is 20.6. The van der Waals surface area contributed by atoms with Gasteiger partial charge in [0.1, 0.15) is 23.2 Å². The highest BCUT2D eigenvalue weighted by Crippen LogP contribution is 2.32. The summed E-state index contributed by atoms with van der Waals surface area (Å²) in [6.45, 7) is 3.53. The predicted octanol–water partition coefficient (Wildman–Crippen LogP) is 6.22. The molecule has 0 fully saturated rings. The van der Waals surface area contributed by atoms with Crippen molar-refractivity contribution in [1.29, 1.82) is 0 Å². The van der Waals surface area contributed by atoms with E-state index >= 15 is 0 Å². The number of nitrogens with one attached hydrogen (secondary N) is 1. The molecule has 5 rings (SSSR count). The van der Waals surface area contributed by atoms with Gasteiger partial charge >= 0.3 is 0 Å². The Labute approximate surface area is 213 Å². The lowest BCUT2D eigenvalue weighted by Crippen LogP contribution is -2.30. The van der Waals surface area contributed by atoms with E-state index in [-0.39, 0.29) is 18.4 Å². The van der Waals surface area contributed by atoms with Gasteiger partial charge in [0, 0.05) is 10.4 Å². The largest absolute Gasteiger partial charge is 0.458 e. The highest BCUT2D eigenvalue weighted by atomic mass is 35.5. The lowest BCUT2D eigenvalue weighted by molar-refractivity contribution is -0.120. The second kappa shape index (κ2) is 10.0. The number of fused-ring (bicyclic) bond motifs is 1. The van der Waals surface area contributed by atoms with Gasteiger partial charge in [0.15, 0.2) is 0 Å². The van der Waals surface area contributed by atoms with E-state index in [2.05, 4.69) is 10.5 Å². The van der Waals surface area contributed by atoms with Crippen molar-refractivity contribution in [1.82, 2.24) is 10.5 Å². The summed E-state index contributed by atoms with van der Waals surface area (Å²) >= 11 is 6.07. The number of benzene rings is 3. The SMILES string of the molecule is Cc1noc(C)c1C(O)c1cc2cc(CC(=O)NC(c3ccccc3)c3ccc(Cl)cc3)ccc2o1. The van der Waals surface area contributed by atoms with Crippen LogP contribution in [-0.2, 0) is 11.2 Å². The molecular weight excluding hydrogens is 476 g/mol. The third-order valence-corrected chi connectivity index (χ3v) is 6.49. The maximum Gasteiger partial charge on any atom is 0.225 e. The zero-order chi connectivity index (χ0) is 25.2. The first-order chi connectivity index (χ1) is 17.4. The highest BCUT2D eigenvalue weighted by molar-refractivity contribution is 6.30. The summed E-state index contributed by atoms with van der Waals surface area (Å²) in [6, 6.07) is 24.4. The van der Waals surface area contributed by atoms with E-state index in [1.165, 1.54) is 0 Å². The van der Waals surface area contributed by atoms with Crippen LogP contribution in [0, 0.1) is 13.8 Å². The predicted molar refractivity (Wildman–Crippen MR) is 138 cm³/mol. The van der Waals surface area contributed by atoms with Gasteiger partial charge in [0.05, 0.1) is 23.7 Å². The Hall–Kier alpha value is -3.87. The van der Waals surface area contributed by atoms with Gasteiger partial charge < -0.3 is 19.4 Å². The van der Waals surface area contributed by atoms with E-state index in [0.717, 1.165) is 22.1 Å². The van der Waals surface area contributed by atoms with Crippen LogP contribution in [0.1, 0.15) is 51.6 Å². The molecule has 36 heavy (non-hydrogen) atoms. The van der Waals surface area contributed by atoms with Crippen LogP contribution in [0.25, 0.3) is 11.0 Å². The number of aryl methyl sites for hydroxylation is 2. The molecular formula is C29H25ClN2O4. The topological polar surface area (TPSA) is 88.5 Å². The Bertz CT molecular complexity index is 1490. The van der Waals surface area contributed by atoms with E-state index in [4.69, 9.17) is 20.5 Å². The molecule has 6 nitrogen and oxygen atoms in total. The minimum Gasteiger partial charge on any atom is -0.458 e. The molecule has 1 amide bonds. The lowest BCUT2D eigenvalue weighted by Gasteiger charge is -2.20. The fourth-order valence-electron chi connectivity index (χ4n) is 4.44. The van der Waals surface area contributed by atoms with E-state index in [1.807, 2.05) is 72.8 Å². The number of nitrogens with zero attached hydrogens (tertiary/aromatic N) is 1. The normalized spacial score (nSPS) is 13.0. The summed E-state index contributed by atoms with van der Waals surface area (Å²) in [5, 5.41) is 19.3. The fourth-order valence-corrected chi connectivity index (χ4v) is 4.56. The van der Waals surface area contributed by atoms with Gasteiger partial charge in [-0.25, -0.2) is 0 Å². The Morgan fingerprint density at radius 3 is 2.42 bits per heavy atom. The average Bonchev–Trinajstić information content (AvgIpc) is 3.45. The van der Waals surface area contributed by atoms with Crippen molar-refractivity contribution >= 4 is 28.5 Å². The van der Waals surface area contributed by atoms with Gasteiger partial charge in [-0.2, -0.15) is 0 Å². The molecule has 182 valence electrons. The van der Waals surface area contributed by atoms with Crippen molar-refractivity contribution in [2.75, 3.05) is 0 Å². The first kappa shape index (κ1) is 23.9. The van der Waals surface area contributed by atoms with E-state index in [0.29, 0.717) is 33.4 Å². The Morgan fingerprint density at radius 1 is 1.00 bits per heavy atom. The van der Waals surface area contributed by atoms with Gasteiger partial charge in [0.2, 0.25) is 5.91 Å². The molecule has 0 aliphatic carbocycles. The molecule has 7 heteroatoms.